The first-order valence-corrected chi connectivity index (χ1v) is 9.99. The fourth-order valence-corrected chi connectivity index (χ4v) is 4.07. The summed E-state index contributed by atoms with van der Waals surface area (Å²) in [4.78, 5) is 37.1. The van der Waals surface area contributed by atoms with E-state index in [-0.39, 0.29) is 33.4 Å². The molecule has 1 aliphatic carbocycles. The topological polar surface area (TPSA) is 87.3 Å². The van der Waals surface area contributed by atoms with Crippen molar-refractivity contribution in [2.24, 2.45) is 5.92 Å². The van der Waals surface area contributed by atoms with Crippen molar-refractivity contribution in [3.63, 3.8) is 0 Å². The summed E-state index contributed by atoms with van der Waals surface area (Å²) in [6.07, 6.45) is -2.18. The van der Waals surface area contributed by atoms with Crippen LogP contribution in [0.4, 0.5) is 22.4 Å². The molecule has 1 saturated heterocycles. The van der Waals surface area contributed by atoms with Gasteiger partial charge in [-0.15, -0.1) is 0 Å². The van der Waals surface area contributed by atoms with E-state index in [2.05, 4.69) is 16.0 Å². The van der Waals surface area contributed by atoms with Crippen LogP contribution in [0.5, 0.6) is 0 Å². The standard InChI is InChI=1S/C22H19F4N3O3.3H2/c23-15-8-9-16(17(10-15)12-4-6-14(7-5-12)22(24,25)26)18(30)27-11-21(13-2-1-3-13)19(31)28-20(32)29-21;;;/h4-10,13H,1-3,11H2,(H,27,30)(H2,28,29,31,32);3*1H. The molecule has 1 atom stereocenters. The number of hydrogen-bond acceptors (Lipinski definition) is 3. The van der Waals surface area contributed by atoms with E-state index >= 15 is 0 Å². The molecule has 0 bridgehead atoms. The number of rotatable bonds is 5. The molecule has 2 aliphatic rings. The molecule has 1 unspecified atom stereocenters. The summed E-state index contributed by atoms with van der Waals surface area (Å²) in [5.41, 5.74) is -1.77. The zero-order valence-corrected chi connectivity index (χ0v) is 16.7. The van der Waals surface area contributed by atoms with Gasteiger partial charge < -0.3 is 10.6 Å². The van der Waals surface area contributed by atoms with E-state index in [4.69, 9.17) is 0 Å². The second-order valence-corrected chi connectivity index (χ2v) is 7.96. The van der Waals surface area contributed by atoms with Crippen LogP contribution in [0.25, 0.3) is 11.1 Å². The van der Waals surface area contributed by atoms with Crippen LogP contribution >= 0.6 is 0 Å². The molecule has 4 amide bonds. The molecule has 174 valence electrons. The first-order chi connectivity index (χ1) is 15.1. The summed E-state index contributed by atoms with van der Waals surface area (Å²) < 4.78 is 52.4. The third-order valence-corrected chi connectivity index (χ3v) is 6.05. The van der Waals surface area contributed by atoms with Crippen LogP contribution < -0.4 is 16.0 Å². The second-order valence-electron chi connectivity index (χ2n) is 7.96. The minimum absolute atomic E-state index is 0. The quantitative estimate of drug-likeness (QED) is 0.463. The lowest BCUT2D eigenvalue weighted by molar-refractivity contribution is -0.137. The van der Waals surface area contributed by atoms with Crippen molar-refractivity contribution in [1.82, 2.24) is 16.0 Å². The molecule has 0 spiro atoms. The number of nitrogens with one attached hydrogen (secondary N) is 3. The van der Waals surface area contributed by atoms with E-state index in [9.17, 15) is 31.9 Å². The fourth-order valence-electron chi connectivity index (χ4n) is 4.07. The zero-order valence-electron chi connectivity index (χ0n) is 16.7. The van der Waals surface area contributed by atoms with E-state index in [1.807, 2.05) is 0 Å². The van der Waals surface area contributed by atoms with Gasteiger partial charge in [-0.25, -0.2) is 9.18 Å². The highest BCUT2D eigenvalue weighted by atomic mass is 19.4. The summed E-state index contributed by atoms with van der Waals surface area (Å²) in [6, 6.07) is 6.74. The van der Waals surface area contributed by atoms with Gasteiger partial charge in [0.05, 0.1) is 12.1 Å². The maximum Gasteiger partial charge on any atom is 0.416 e. The normalized spacial score (nSPS) is 21.0. The molecule has 1 heterocycles. The van der Waals surface area contributed by atoms with Gasteiger partial charge in [-0.2, -0.15) is 13.2 Å². The largest absolute Gasteiger partial charge is 0.416 e. The summed E-state index contributed by atoms with van der Waals surface area (Å²) in [5.74, 6) is -1.95. The number of benzene rings is 2. The van der Waals surface area contributed by atoms with E-state index in [0.29, 0.717) is 0 Å². The minimum atomic E-state index is -4.52. The fraction of sp³-hybridized carbons (Fsp3) is 0.318. The maximum atomic E-state index is 13.9. The van der Waals surface area contributed by atoms with Crippen LogP contribution in [-0.4, -0.2) is 29.9 Å². The van der Waals surface area contributed by atoms with E-state index < -0.39 is 40.9 Å². The van der Waals surface area contributed by atoms with Crippen molar-refractivity contribution in [2.75, 3.05) is 6.54 Å². The molecule has 10 heteroatoms. The Hall–Kier alpha value is -3.43. The molecule has 2 aromatic rings. The Morgan fingerprint density at radius 3 is 2.34 bits per heavy atom. The zero-order chi connectivity index (χ0) is 23.1. The van der Waals surface area contributed by atoms with Gasteiger partial charge in [0.1, 0.15) is 11.4 Å². The Kier molecular flexibility index (Phi) is 5.39. The van der Waals surface area contributed by atoms with Gasteiger partial charge >= 0.3 is 12.2 Å². The molecule has 2 fully saturated rings. The Balaban J connectivity index is 0.00000204. The lowest BCUT2D eigenvalue weighted by Crippen LogP contribution is -2.61. The predicted octanol–water partition coefficient (Wildman–Crippen LogP) is 4.36. The van der Waals surface area contributed by atoms with E-state index in [1.165, 1.54) is 6.07 Å². The van der Waals surface area contributed by atoms with Gasteiger partial charge in [-0.1, -0.05) is 18.6 Å². The Morgan fingerprint density at radius 1 is 1.12 bits per heavy atom. The monoisotopic (exact) mass is 455 g/mol. The predicted molar refractivity (Wildman–Crippen MR) is 112 cm³/mol. The summed E-state index contributed by atoms with van der Waals surface area (Å²) >= 11 is 0. The van der Waals surface area contributed by atoms with Crippen molar-refractivity contribution >= 4 is 17.8 Å². The van der Waals surface area contributed by atoms with Gasteiger partial charge in [0.25, 0.3) is 11.8 Å². The molecule has 1 saturated carbocycles. The number of halogens is 4. The number of imide groups is 1. The van der Waals surface area contributed by atoms with Crippen LogP contribution in [0.3, 0.4) is 0 Å². The van der Waals surface area contributed by atoms with Gasteiger partial charge in [0.15, 0.2) is 0 Å². The van der Waals surface area contributed by atoms with E-state index in [1.54, 1.807) is 0 Å². The van der Waals surface area contributed by atoms with Gasteiger partial charge in [0.2, 0.25) is 0 Å². The van der Waals surface area contributed by atoms with Crippen molar-refractivity contribution in [3.8, 4) is 11.1 Å². The minimum Gasteiger partial charge on any atom is -0.349 e. The molecule has 2 aromatic carbocycles. The Labute approximate surface area is 184 Å². The highest BCUT2D eigenvalue weighted by molar-refractivity contribution is 6.08. The molecule has 0 radical (unpaired) electrons. The molecule has 4 rings (SSSR count). The van der Waals surface area contributed by atoms with Gasteiger partial charge in [-0.3, -0.25) is 14.9 Å². The number of urea groups is 1. The van der Waals surface area contributed by atoms with Crippen LogP contribution in [0.2, 0.25) is 0 Å². The Morgan fingerprint density at radius 2 is 1.81 bits per heavy atom. The van der Waals surface area contributed by atoms with E-state index in [0.717, 1.165) is 55.7 Å². The van der Waals surface area contributed by atoms with Crippen LogP contribution in [0.15, 0.2) is 42.5 Å². The summed E-state index contributed by atoms with van der Waals surface area (Å²) in [5, 5.41) is 7.45. The molecule has 3 N–H and O–H groups in total. The van der Waals surface area contributed by atoms with Crippen molar-refractivity contribution in [2.45, 2.75) is 31.0 Å². The lowest BCUT2D eigenvalue weighted by atomic mass is 9.70. The summed E-state index contributed by atoms with van der Waals surface area (Å²) in [6.45, 7) is -0.169. The second kappa shape index (κ2) is 7.92. The lowest BCUT2D eigenvalue weighted by Gasteiger charge is -2.40. The maximum absolute atomic E-state index is 13.9. The Bertz CT molecular complexity index is 1100. The molecule has 1 aliphatic heterocycles. The third kappa shape index (κ3) is 3.92. The molecular weight excluding hydrogens is 430 g/mol. The van der Waals surface area contributed by atoms with Crippen LogP contribution in [0.1, 0.15) is 39.5 Å². The molecule has 32 heavy (non-hydrogen) atoms. The number of alkyl halides is 3. The SMILES string of the molecule is O=C1NC(=O)C(CNC(=O)c2ccc(F)cc2-c2ccc(C(F)(F)F)cc2)(C2CCC2)N1.[HH].[HH].[HH]. The average molecular weight is 455 g/mol. The number of carbonyl (C=O) groups excluding carboxylic acids is 3. The highest BCUT2D eigenvalue weighted by Gasteiger charge is 2.53. The smallest absolute Gasteiger partial charge is 0.349 e. The molecular formula is C22H25F4N3O3. The van der Waals surface area contributed by atoms with Gasteiger partial charge in [0, 0.05) is 9.84 Å². The molecule has 6 nitrogen and oxygen atoms in total. The third-order valence-electron chi connectivity index (χ3n) is 6.05. The van der Waals surface area contributed by atoms with Crippen molar-refractivity contribution in [3.05, 3.63) is 59.4 Å². The first-order valence-electron chi connectivity index (χ1n) is 9.99. The van der Waals surface area contributed by atoms with Crippen LogP contribution in [0, 0.1) is 11.7 Å². The van der Waals surface area contributed by atoms with Crippen molar-refractivity contribution < 1.29 is 36.2 Å². The first kappa shape index (κ1) is 21.8. The number of amides is 4. The molecule has 0 aromatic heterocycles. The highest BCUT2D eigenvalue weighted by Crippen LogP contribution is 2.38. The van der Waals surface area contributed by atoms with Gasteiger partial charge in [-0.05, 0) is 60.2 Å². The number of hydrogen-bond donors (Lipinski definition) is 3. The van der Waals surface area contributed by atoms with Crippen LogP contribution in [-0.2, 0) is 11.0 Å². The number of carbonyl (C=O) groups is 3. The summed E-state index contributed by atoms with van der Waals surface area (Å²) in [7, 11) is 0. The average Bonchev–Trinajstić information content (AvgIpc) is 2.97. The van der Waals surface area contributed by atoms with Crippen molar-refractivity contribution in [1.29, 1.82) is 0 Å².